The summed E-state index contributed by atoms with van der Waals surface area (Å²) in [6.07, 6.45) is 4.96. The van der Waals surface area contributed by atoms with Crippen LogP contribution in [0.2, 0.25) is 0 Å². The molecular weight excluding hydrogens is 354 g/mol. The number of hydrogen-bond acceptors (Lipinski definition) is 7. The molecule has 1 N–H and O–H groups in total. The molecule has 0 amide bonds. The Morgan fingerprint density at radius 1 is 1.08 bits per heavy atom. The maximum Gasteiger partial charge on any atom is 0.216 e. The number of ether oxygens (including phenoxy) is 3. The van der Waals surface area contributed by atoms with Crippen molar-refractivity contribution in [1.29, 1.82) is 0 Å². The molecule has 0 bridgehead atoms. The van der Waals surface area contributed by atoms with Crippen LogP contribution in [0.3, 0.4) is 0 Å². The van der Waals surface area contributed by atoms with Crippen molar-refractivity contribution >= 4 is 18.4 Å². The average Bonchev–Trinajstić information content (AvgIpc) is 3.06. The lowest BCUT2D eigenvalue weighted by molar-refractivity contribution is 0.374. The zero-order chi connectivity index (χ0) is 18.5. The van der Waals surface area contributed by atoms with Gasteiger partial charge in [-0.25, -0.2) is 5.10 Å². The third kappa shape index (κ3) is 3.42. The fourth-order valence-corrected chi connectivity index (χ4v) is 2.54. The fourth-order valence-electron chi connectivity index (χ4n) is 2.36. The summed E-state index contributed by atoms with van der Waals surface area (Å²) in [7, 11) is 4.71. The lowest BCUT2D eigenvalue weighted by Crippen LogP contribution is -2.00. The molecule has 0 unspecified atom stereocenters. The molecule has 3 aromatic rings. The van der Waals surface area contributed by atoms with E-state index in [1.165, 1.54) is 4.68 Å². The molecule has 9 heteroatoms. The summed E-state index contributed by atoms with van der Waals surface area (Å²) >= 11 is 5.28. The lowest BCUT2D eigenvalue weighted by Gasteiger charge is -2.12. The fraction of sp³-hybridized carbons (Fsp3) is 0.176. The second-order valence-corrected chi connectivity index (χ2v) is 5.48. The Morgan fingerprint density at radius 3 is 2.31 bits per heavy atom. The number of H-pyrrole nitrogens is 1. The highest BCUT2D eigenvalue weighted by Gasteiger charge is 2.13. The Balaban J connectivity index is 2.07. The van der Waals surface area contributed by atoms with E-state index < -0.39 is 0 Å². The van der Waals surface area contributed by atoms with Crippen LogP contribution in [-0.2, 0) is 0 Å². The number of nitrogens with one attached hydrogen (secondary N) is 1. The second kappa shape index (κ2) is 7.79. The van der Waals surface area contributed by atoms with Crippen LogP contribution in [0.25, 0.3) is 11.4 Å². The van der Waals surface area contributed by atoms with Crippen LogP contribution in [0.5, 0.6) is 17.2 Å². The summed E-state index contributed by atoms with van der Waals surface area (Å²) < 4.78 is 18.0. The summed E-state index contributed by atoms with van der Waals surface area (Å²) in [5, 5.41) is 11.4. The van der Waals surface area contributed by atoms with Gasteiger partial charge in [-0.3, -0.25) is 4.98 Å². The monoisotopic (exact) mass is 371 g/mol. The van der Waals surface area contributed by atoms with Crippen molar-refractivity contribution in [2.45, 2.75) is 0 Å². The molecule has 0 aliphatic heterocycles. The summed E-state index contributed by atoms with van der Waals surface area (Å²) in [5.41, 5.74) is 1.48. The number of pyridine rings is 1. The Labute approximate surface area is 155 Å². The first-order chi connectivity index (χ1) is 12.7. The van der Waals surface area contributed by atoms with Gasteiger partial charge in [-0.15, -0.1) is 0 Å². The maximum atomic E-state index is 5.43. The van der Waals surface area contributed by atoms with Gasteiger partial charge in [0.25, 0.3) is 0 Å². The van der Waals surface area contributed by atoms with E-state index in [-0.39, 0.29) is 0 Å². The number of methoxy groups -OCH3 is 3. The molecule has 0 fully saturated rings. The van der Waals surface area contributed by atoms with Gasteiger partial charge >= 0.3 is 0 Å². The average molecular weight is 371 g/mol. The van der Waals surface area contributed by atoms with Crippen molar-refractivity contribution < 1.29 is 14.2 Å². The van der Waals surface area contributed by atoms with Crippen LogP contribution in [0.15, 0.2) is 41.8 Å². The number of aromatic nitrogens is 4. The lowest BCUT2D eigenvalue weighted by atomic mass is 10.2. The van der Waals surface area contributed by atoms with Gasteiger partial charge in [0.2, 0.25) is 4.77 Å². The summed E-state index contributed by atoms with van der Waals surface area (Å²) in [4.78, 5) is 4.01. The number of hydrogen-bond donors (Lipinski definition) is 1. The largest absolute Gasteiger partial charge is 0.496 e. The van der Waals surface area contributed by atoms with E-state index in [0.717, 1.165) is 5.56 Å². The van der Waals surface area contributed by atoms with Gasteiger partial charge in [-0.05, 0) is 24.4 Å². The van der Waals surface area contributed by atoms with Crippen LogP contribution in [-0.4, -0.2) is 47.4 Å². The van der Waals surface area contributed by atoms with Gasteiger partial charge in [-0.2, -0.15) is 14.9 Å². The molecule has 1 aromatic carbocycles. The zero-order valence-electron chi connectivity index (χ0n) is 14.5. The van der Waals surface area contributed by atoms with Crippen LogP contribution in [0, 0.1) is 4.77 Å². The standard InChI is InChI=1S/C17H17N5O3S/c1-23-12-8-14(24-2)13(15(9-12)25-3)10-19-22-16(20-21-17(22)26)11-4-6-18-7-5-11/h4-10H,1-3H3,(H,21,26)/b19-10-. The van der Waals surface area contributed by atoms with Gasteiger partial charge < -0.3 is 14.2 Å². The van der Waals surface area contributed by atoms with E-state index in [1.54, 1.807) is 52.1 Å². The molecule has 3 rings (SSSR count). The SMILES string of the molecule is COc1cc(OC)c(/C=N\n2c(-c3ccncc3)n[nH]c2=S)c(OC)c1. The smallest absolute Gasteiger partial charge is 0.216 e. The molecule has 2 aromatic heterocycles. The number of aromatic amines is 1. The van der Waals surface area contributed by atoms with Crippen LogP contribution >= 0.6 is 12.2 Å². The molecular formula is C17H17N5O3S. The van der Waals surface area contributed by atoms with Gasteiger partial charge in [0, 0.05) is 30.1 Å². The summed E-state index contributed by atoms with van der Waals surface area (Å²) in [5.74, 6) is 2.31. The van der Waals surface area contributed by atoms with Crippen molar-refractivity contribution in [1.82, 2.24) is 19.9 Å². The quantitative estimate of drug-likeness (QED) is 0.530. The van der Waals surface area contributed by atoms with E-state index in [2.05, 4.69) is 20.3 Å². The Bertz CT molecular complexity index is 957. The predicted octanol–water partition coefficient (Wildman–Crippen LogP) is 2.91. The molecule has 0 spiro atoms. The molecule has 0 saturated heterocycles. The molecule has 26 heavy (non-hydrogen) atoms. The van der Waals surface area contributed by atoms with Crippen molar-refractivity contribution in [3.63, 3.8) is 0 Å². The van der Waals surface area contributed by atoms with Crippen LogP contribution in [0.1, 0.15) is 5.56 Å². The predicted molar refractivity (Wildman–Crippen MR) is 99.7 cm³/mol. The minimum absolute atomic E-state index is 0.361. The minimum Gasteiger partial charge on any atom is -0.496 e. The Hall–Kier alpha value is -3.20. The van der Waals surface area contributed by atoms with Crippen LogP contribution < -0.4 is 14.2 Å². The summed E-state index contributed by atoms with van der Waals surface area (Å²) in [6.45, 7) is 0. The third-order valence-corrected chi connectivity index (χ3v) is 3.91. The molecule has 0 saturated carbocycles. The van der Waals surface area contributed by atoms with E-state index >= 15 is 0 Å². The minimum atomic E-state index is 0.361. The molecule has 0 radical (unpaired) electrons. The first-order valence-electron chi connectivity index (χ1n) is 7.60. The number of rotatable bonds is 6. The van der Waals surface area contributed by atoms with Crippen molar-refractivity contribution in [2.24, 2.45) is 5.10 Å². The third-order valence-electron chi connectivity index (χ3n) is 3.64. The second-order valence-electron chi connectivity index (χ2n) is 5.09. The van der Waals surface area contributed by atoms with Gasteiger partial charge in [0.05, 0.1) is 33.1 Å². The van der Waals surface area contributed by atoms with Crippen molar-refractivity contribution in [2.75, 3.05) is 21.3 Å². The molecule has 8 nitrogen and oxygen atoms in total. The first-order valence-corrected chi connectivity index (χ1v) is 8.01. The maximum absolute atomic E-state index is 5.43. The topological polar surface area (TPSA) is 86.5 Å². The highest BCUT2D eigenvalue weighted by atomic mass is 32.1. The normalized spacial score (nSPS) is 10.9. The Morgan fingerprint density at radius 2 is 1.73 bits per heavy atom. The number of benzene rings is 1. The van der Waals surface area contributed by atoms with E-state index in [0.29, 0.717) is 33.4 Å². The van der Waals surface area contributed by atoms with Crippen molar-refractivity contribution in [3.8, 4) is 28.6 Å². The highest BCUT2D eigenvalue weighted by Crippen LogP contribution is 2.32. The van der Waals surface area contributed by atoms with Gasteiger partial charge in [0.1, 0.15) is 17.2 Å². The molecule has 0 aliphatic rings. The van der Waals surface area contributed by atoms with E-state index in [4.69, 9.17) is 26.4 Å². The zero-order valence-corrected chi connectivity index (χ0v) is 15.3. The van der Waals surface area contributed by atoms with Crippen LogP contribution in [0.4, 0.5) is 0 Å². The van der Waals surface area contributed by atoms with Crippen molar-refractivity contribution in [3.05, 3.63) is 47.0 Å². The van der Waals surface area contributed by atoms with E-state index in [9.17, 15) is 0 Å². The molecule has 134 valence electrons. The van der Waals surface area contributed by atoms with Gasteiger partial charge in [-0.1, -0.05) is 0 Å². The highest BCUT2D eigenvalue weighted by molar-refractivity contribution is 7.71. The van der Waals surface area contributed by atoms with E-state index in [1.807, 2.05) is 12.1 Å². The Kier molecular flexibility index (Phi) is 5.28. The molecule has 2 heterocycles. The number of nitrogens with zero attached hydrogens (tertiary/aromatic N) is 4. The van der Waals surface area contributed by atoms with Gasteiger partial charge in [0.15, 0.2) is 5.82 Å². The molecule has 0 aliphatic carbocycles. The molecule has 0 atom stereocenters. The first kappa shape index (κ1) is 17.6. The summed E-state index contributed by atoms with van der Waals surface area (Å²) in [6, 6.07) is 7.15.